The van der Waals surface area contributed by atoms with Crippen molar-refractivity contribution in [2.45, 2.75) is 33.1 Å². The lowest BCUT2D eigenvalue weighted by atomic mass is 9.91. The van der Waals surface area contributed by atoms with E-state index in [2.05, 4.69) is 49.1 Å². The highest BCUT2D eigenvalue weighted by atomic mass is 14.9. The van der Waals surface area contributed by atoms with E-state index in [1.54, 1.807) is 0 Å². The fourth-order valence-electron chi connectivity index (χ4n) is 3.58. The Labute approximate surface area is 115 Å². The molecular formula is C17H24N2. The number of hydrogen-bond acceptors (Lipinski definition) is 1. The van der Waals surface area contributed by atoms with Crippen LogP contribution in [0.3, 0.4) is 0 Å². The van der Waals surface area contributed by atoms with E-state index in [0.717, 1.165) is 5.92 Å². The normalized spacial score (nSPS) is 20.1. The Morgan fingerprint density at radius 2 is 2.05 bits per heavy atom. The molecular weight excluding hydrogens is 232 g/mol. The van der Waals surface area contributed by atoms with E-state index in [9.17, 15) is 0 Å². The fourth-order valence-corrected chi connectivity index (χ4v) is 3.58. The van der Waals surface area contributed by atoms with Crippen molar-refractivity contribution in [1.29, 1.82) is 0 Å². The van der Waals surface area contributed by atoms with Crippen LogP contribution in [0.1, 0.15) is 29.5 Å². The molecule has 2 heteroatoms. The van der Waals surface area contributed by atoms with Crippen LogP contribution < -0.4 is 5.32 Å². The van der Waals surface area contributed by atoms with Gasteiger partial charge in [-0.05, 0) is 68.8 Å². The van der Waals surface area contributed by atoms with Crippen molar-refractivity contribution in [2.24, 2.45) is 13.0 Å². The molecule has 1 aromatic heterocycles. The highest BCUT2D eigenvalue weighted by molar-refractivity contribution is 5.89. The first-order valence-corrected chi connectivity index (χ1v) is 7.41. The van der Waals surface area contributed by atoms with Crippen molar-refractivity contribution < 1.29 is 0 Å². The first-order valence-electron chi connectivity index (χ1n) is 7.41. The number of rotatable bonds is 2. The van der Waals surface area contributed by atoms with Crippen LogP contribution in [-0.4, -0.2) is 17.7 Å². The van der Waals surface area contributed by atoms with Crippen LogP contribution in [0.25, 0.3) is 10.9 Å². The van der Waals surface area contributed by atoms with Crippen LogP contribution in [-0.2, 0) is 13.5 Å². The molecule has 1 aliphatic heterocycles. The lowest BCUT2D eigenvalue weighted by Crippen LogP contribution is -2.30. The van der Waals surface area contributed by atoms with Crippen molar-refractivity contribution in [1.82, 2.24) is 9.88 Å². The smallest absolute Gasteiger partial charge is 0.0512 e. The Morgan fingerprint density at radius 1 is 1.26 bits per heavy atom. The molecule has 1 aromatic carbocycles. The third-order valence-corrected chi connectivity index (χ3v) is 4.52. The molecule has 1 aliphatic rings. The Morgan fingerprint density at radius 3 is 2.79 bits per heavy atom. The minimum Gasteiger partial charge on any atom is -0.350 e. The maximum Gasteiger partial charge on any atom is 0.0512 e. The SMILES string of the molecule is Cc1ccc(C)c2c1c(CC1CCCNC1)cn2C. The predicted molar refractivity (Wildman–Crippen MR) is 81.7 cm³/mol. The van der Waals surface area contributed by atoms with E-state index < -0.39 is 0 Å². The summed E-state index contributed by atoms with van der Waals surface area (Å²) in [5, 5.41) is 5.02. The first-order chi connectivity index (χ1) is 9.16. The highest BCUT2D eigenvalue weighted by Crippen LogP contribution is 2.29. The summed E-state index contributed by atoms with van der Waals surface area (Å²) >= 11 is 0. The van der Waals surface area contributed by atoms with Gasteiger partial charge in [0.25, 0.3) is 0 Å². The molecule has 0 amide bonds. The van der Waals surface area contributed by atoms with Gasteiger partial charge in [0.05, 0.1) is 5.52 Å². The number of benzene rings is 1. The topological polar surface area (TPSA) is 17.0 Å². The van der Waals surface area contributed by atoms with Gasteiger partial charge in [0.1, 0.15) is 0 Å². The lowest BCUT2D eigenvalue weighted by molar-refractivity contribution is 0.376. The Kier molecular flexibility index (Phi) is 3.36. The second-order valence-corrected chi connectivity index (χ2v) is 6.10. The summed E-state index contributed by atoms with van der Waals surface area (Å²) in [5.41, 5.74) is 5.75. The molecule has 19 heavy (non-hydrogen) atoms. The summed E-state index contributed by atoms with van der Waals surface area (Å²) in [6.07, 6.45) is 6.26. The van der Waals surface area contributed by atoms with E-state index in [1.807, 2.05) is 0 Å². The van der Waals surface area contributed by atoms with Crippen molar-refractivity contribution in [3.8, 4) is 0 Å². The maximum atomic E-state index is 3.53. The minimum atomic E-state index is 0.805. The molecule has 0 spiro atoms. The fraction of sp³-hybridized carbons (Fsp3) is 0.529. The van der Waals surface area contributed by atoms with Gasteiger partial charge in [-0.15, -0.1) is 0 Å². The number of aromatic nitrogens is 1. The van der Waals surface area contributed by atoms with Gasteiger partial charge in [-0.2, -0.15) is 0 Å². The minimum absolute atomic E-state index is 0.805. The van der Waals surface area contributed by atoms with E-state index >= 15 is 0 Å². The molecule has 2 nitrogen and oxygen atoms in total. The summed E-state index contributed by atoms with van der Waals surface area (Å²) in [6.45, 7) is 6.84. The maximum absolute atomic E-state index is 3.53. The van der Waals surface area contributed by atoms with Crippen LogP contribution in [0.2, 0.25) is 0 Å². The van der Waals surface area contributed by atoms with Crippen molar-refractivity contribution >= 4 is 10.9 Å². The van der Waals surface area contributed by atoms with E-state index in [0.29, 0.717) is 0 Å². The van der Waals surface area contributed by atoms with Crippen molar-refractivity contribution in [2.75, 3.05) is 13.1 Å². The van der Waals surface area contributed by atoms with E-state index in [-0.39, 0.29) is 0 Å². The van der Waals surface area contributed by atoms with Crippen molar-refractivity contribution in [3.05, 3.63) is 35.0 Å². The summed E-state index contributed by atoms with van der Waals surface area (Å²) in [5.74, 6) is 0.805. The highest BCUT2D eigenvalue weighted by Gasteiger charge is 2.17. The molecule has 0 saturated carbocycles. The number of aryl methyl sites for hydroxylation is 3. The third kappa shape index (κ3) is 2.30. The van der Waals surface area contributed by atoms with Crippen LogP contribution >= 0.6 is 0 Å². The summed E-state index contributed by atoms with van der Waals surface area (Å²) in [4.78, 5) is 0. The van der Waals surface area contributed by atoms with E-state index in [1.165, 1.54) is 59.9 Å². The Bertz CT molecular complexity index is 589. The molecule has 1 atom stereocenters. The van der Waals surface area contributed by atoms with Gasteiger partial charge in [0.15, 0.2) is 0 Å². The first kappa shape index (κ1) is 12.7. The lowest BCUT2D eigenvalue weighted by Gasteiger charge is -2.22. The molecule has 2 heterocycles. The van der Waals surface area contributed by atoms with Crippen LogP contribution in [0.4, 0.5) is 0 Å². The standard InChI is InChI=1S/C17H24N2/c1-12-6-7-13(2)17-16(12)15(11-19(17)3)9-14-5-4-8-18-10-14/h6-7,11,14,18H,4-5,8-10H2,1-3H3. The van der Waals surface area contributed by atoms with Gasteiger partial charge in [-0.25, -0.2) is 0 Å². The predicted octanol–water partition coefficient (Wildman–Crippen LogP) is 3.34. The molecule has 1 fully saturated rings. The molecule has 0 bridgehead atoms. The van der Waals surface area contributed by atoms with Crippen LogP contribution in [0.15, 0.2) is 18.3 Å². The average Bonchev–Trinajstić information content (AvgIpc) is 2.73. The molecule has 3 rings (SSSR count). The molecule has 0 aliphatic carbocycles. The van der Waals surface area contributed by atoms with E-state index in [4.69, 9.17) is 0 Å². The van der Waals surface area contributed by atoms with Gasteiger partial charge >= 0.3 is 0 Å². The quantitative estimate of drug-likeness (QED) is 0.872. The third-order valence-electron chi connectivity index (χ3n) is 4.52. The Balaban J connectivity index is 2.01. The van der Waals surface area contributed by atoms with Gasteiger partial charge in [0, 0.05) is 18.6 Å². The molecule has 102 valence electrons. The number of nitrogens with zero attached hydrogens (tertiary/aromatic N) is 1. The largest absolute Gasteiger partial charge is 0.350 e. The van der Waals surface area contributed by atoms with Crippen molar-refractivity contribution in [3.63, 3.8) is 0 Å². The summed E-state index contributed by atoms with van der Waals surface area (Å²) in [7, 11) is 2.18. The number of piperidine rings is 1. The van der Waals surface area contributed by atoms with Gasteiger partial charge in [-0.3, -0.25) is 0 Å². The zero-order valence-electron chi connectivity index (χ0n) is 12.3. The summed E-state index contributed by atoms with van der Waals surface area (Å²) in [6, 6.07) is 4.50. The average molecular weight is 256 g/mol. The number of fused-ring (bicyclic) bond motifs is 1. The molecule has 0 radical (unpaired) electrons. The molecule has 1 N–H and O–H groups in total. The van der Waals surface area contributed by atoms with Gasteiger partial charge < -0.3 is 9.88 Å². The van der Waals surface area contributed by atoms with Crippen LogP contribution in [0, 0.1) is 19.8 Å². The number of nitrogens with one attached hydrogen (secondary N) is 1. The monoisotopic (exact) mass is 256 g/mol. The molecule has 1 unspecified atom stereocenters. The zero-order chi connectivity index (χ0) is 13.4. The van der Waals surface area contributed by atoms with Crippen LogP contribution in [0.5, 0.6) is 0 Å². The zero-order valence-corrected chi connectivity index (χ0v) is 12.3. The number of hydrogen-bond donors (Lipinski definition) is 1. The summed E-state index contributed by atoms with van der Waals surface area (Å²) < 4.78 is 2.31. The molecule has 1 saturated heterocycles. The Hall–Kier alpha value is -1.28. The second kappa shape index (κ2) is 5.01. The second-order valence-electron chi connectivity index (χ2n) is 6.10. The molecule has 2 aromatic rings. The van der Waals surface area contributed by atoms with Gasteiger partial charge in [-0.1, -0.05) is 12.1 Å². The van der Waals surface area contributed by atoms with Gasteiger partial charge in [0.2, 0.25) is 0 Å².